The molecule has 0 N–H and O–H groups in total. The molecule has 0 saturated heterocycles. The van der Waals surface area contributed by atoms with Crippen LogP contribution >= 0.6 is 0 Å². The van der Waals surface area contributed by atoms with E-state index in [1.54, 1.807) is 36.2 Å². The lowest BCUT2D eigenvalue weighted by Gasteiger charge is -2.16. The van der Waals surface area contributed by atoms with Crippen molar-refractivity contribution in [3.63, 3.8) is 0 Å². The standard InChI is InChI=1S/C14H14FNO/c1-3-16(2)14(17)12-8-9-13(15)11-7-5-4-6-10(11)12/h4-9H,3H2,1-2H3. The SMILES string of the molecule is CCN(C)C(=O)c1ccc(F)c2ccccc12. The highest BCUT2D eigenvalue weighted by molar-refractivity contribution is 6.07. The Morgan fingerprint density at radius 1 is 1.18 bits per heavy atom. The molecule has 88 valence electrons. The molecular formula is C14H14FNO. The van der Waals surface area contributed by atoms with Crippen LogP contribution in [0.4, 0.5) is 4.39 Å². The molecule has 0 spiro atoms. The van der Waals surface area contributed by atoms with Crippen molar-refractivity contribution < 1.29 is 9.18 Å². The summed E-state index contributed by atoms with van der Waals surface area (Å²) in [7, 11) is 1.74. The molecule has 2 rings (SSSR count). The van der Waals surface area contributed by atoms with Crippen LogP contribution in [0.1, 0.15) is 17.3 Å². The van der Waals surface area contributed by atoms with Gasteiger partial charge in [0, 0.05) is 24.5 Å². The summed E-state index contributed by atoms with van der Waals surface area (Å²) in [6, 6.07) is 9.93. The molecule has 0 fully saturated rings. The molecule has 0 radical (unpaired) electrons. The van der Waals surface area contributed by atoms with E-state index in [1.807, 2.05) is 13.0 Å². The summed E-state index contributed by atoms with van der Waals surface area (Å²) in [5.41, 5.74) is 0.548. The van der Waals surface area contributed by atoms with Gasteiger partial charge in [-0.15, -0.1) is 0 Å². The summed E-state index contributed by atoms with van der Waals surface area (Å²) >= 11 is 0. The van der Waals surface area contributed by atoms with Crippen LogP contribution in [0.15, 0.2) is 36.4 Å². The summed E-state index contributed by atoms with van der Waals surface area (Å²) in [6.45, 7) is 2.54. The fourth-order valence-corrected chi connectivity index (χ4v) is 1.80. The average Bonchev–Trinajstić information content (AvgIpc) is 2.38. The lowest BCUT2D eigenvalue weighted by Crippen LogP contribution is -2.26. The molecule has 2 aromatic carbocycles. The van der Waals surface area contributed by atoms with Crippen molar-refractivity contribution in [1.29, 1.82) is 0 Å². The molecule has 0 atom stereocenters. The third-order valence-electron chi connectivity index (χ3n) is 2.92. The Balaban J connectivity index is 2.63. The van der Waals surface area contributed by atoms with Gasteiger partial charge in [-0.2, -0.15) is 0 Å². The van der Waals surface area contributed by atoms with Crippen LogP contribution in [-0.2, 0) is 0 Å². The van der Waals surface area contributed by atoms with Gasteiger partial charge < -0.3 is 4.90 Å². The lowest BCUT2D eigenvalue weighted by molar-refractivity contribution is 0.0804. The monoisotopic (exact) mass is 231 g/mol. The van der Waals surface area contributed by atoms with Crippen LogP contribution in [0.3, 0.4) is 0 Å². The minimum absolute atomic E-state index is 0.0799. The van der Waals surface area contributed by atoms with Crippen molar-refractivity contribution in [3.05, 3.63) is 47.8 Å². The number of amides is 1. The molecule has 2 aromatic rings. The van der Waals surface area contributed by atoms with Crippen LogP contribution in [0, 0.1) is 5.82 Å². The van der Waals surface area contributed by atoms with Gasteiger partial charge in [0.05, 0.1) is 0 Å². The predicted molar refractivity (Wildman–Crippen MR) is 66.5 cm³/mol. The van der Waals surface area contributed by atoms with Crippen molar-refractivity contribution in [2.45, 2.75) is 6.92 Å². The molecule has 1 amide bonds. The van der Waals surface area contributed by atoms with E-state index in [9.17, 15) is 9.18 Å². The summed E-state index contributed by atoms with van der Waals surface area (Å²) in [4.78, 5) is 13.7. The number of benzene rings is 2. The van der Waals surface area contributed by atoms with Crippen molar-refractivity contribution in [2.75, 3.05) is 13.6 Å². The molecule has 0 heterocycles. The zero-order valence-electron chi connectivity index (χ0n) is 9.90. The van der Waals surface area contributed by atoms with E-state index in [0.29, 0.717) is 22.9 Å². The number of nitrogens with zero attached hydrogens (tertiary/aromatic N) is 1. The van der Waals surface area contributed by atoms with Gasteiger partial charge in [-0.25, -0.2) is 4.39 Å². The third kappa shape index (κ3) is 2.00. The Morgan fingerprint density at radius 3 is 2.47 bits per heavy atom. The van der Waals surface area contributed by atoms with Crippen LogP contribution in [0.2, 0.25) is 0 Å². The minimum atomic E-state index is -0.295. The highest BCUT2D eigenvalue weighted by atomic mass is 19.1. The minimum Gasteiger partial charge on any atom is -0.342 e. The maximum absolute atomic E-state index is 13.6. The first-order valence-electron chi connectivity index (χ1n) is 5.58. The first-order valence-corrected chi connectivity index (χ1v) is 5.58. The van der Waals surface area contributed by atoms with E-state index < -0.39 is 0 Å². The average molecular weight is 231 g/mol. The lowest BCUT2D eigenvalue weighted by atomic mass is 10.0. The van der Waals surface area contributed by atoms with E-state index in [4.69, 9.17) is 0 Å². The molecule has 0 bridgehead atoms. The molecule has 2 nitrogen and oxygen atoms in total. The number of hydrogen-bond acceptors (Lipinski definition) is 1. The fraction of sp³-hybridized carbons (Fsp3) is 0.214. The molecule has 0 saturated carbocycles. The number of carbonyl (C=O) groups is 1. The van der Waals surface area contributed by atoms with Crippen molar-refractivity contribution in [3.8, 4) is 0 Å². The van der Waals surface area contributed by atoms with E-state index in [0.717, 1.165) is 0 Å². The molecule has 0 aliphatic carbocycles. The summed E-state index contributed by atoms with van der Waals surface area (Å²) in [5, 5.41) is 1.15. The number of rotatable bonds is 2. The van der Waals surface area contributed by atoms with Crippen LogP contribution in [0.25, 0.3) is 10.8 Å². The molecule has 3 heteroatoms. The fourth-order valence-electron chi connectivity index (χ4n) is 1.80. The van der Waals surface area contributed by atoms with Gasteiger partial charge in [-0.3, -0.25) is 4.79 Å². The Bertz CT molecular complexity index is 565. The van der Waals surface area contributed by atoms with Crippen molar-refractivity contribution in [2.24, 2.45) is 0 Å². The predicted octanol–water partition coefficient (Wildman–Crippen LogP) is 3.07. The zero-order valence-corrected chi connectivity index (χ0v) is 9.90. The third-order valence-corrected chi connectivity index (χ3v) is 2.92. The Hall–Kier alpha value is -1.90. The molecule has 17 heavy (non-hydrogen) atoms. The highest BCUT2D eigenvalue weighted by Gasteiger charge is 2.14. The molecular weight excluding hydrogens is 217 g/mol. The number of fused-ring (bicyclic) bond motifs is 1. The first kappa shape index (κ1) is 11.6. The van der Waals surface area contributed by atoms with Crippen LogP contribution in [-0.4, -0.2) is 24.4 Å². The molecule has 0 aromatic heterocycles. The summed E-state index contributed by atoms with van der Waals surface area (Å²) < 4.78 is 13.6. The van der Waals surface area contributed by atoms with Gasteiger partial charge in [-0.05, 0) is 24.4 Å². The number of hydrogen-bond donors (Lipinski definition) is 0. The van der Waals surface area contributed by atoms with Crippen molar-refractivity contribution >= 4 is 16.7 Å². The summed E-state index contributed by atoms with van der Waals surface area (Å²) in [5.74, 6) is -0.375. The molecule has 0 aliphatic rings. The normalized spacial score (nSPS) is 10.5. The zero-order chi connectivity index (χ0) is 12.4. The maximum Gasteiger partial charge on any atom is 0.254 e. The smallest absolute Gasteiger partial charge is 0.254 e. The maximum atomic E-state index is 13.6. The first-order chi connectivity index (χ1) is 8.15. The highest BCUT2D eigenvalue weighted by Crippen LogP contribution is 2.22. The van der Waals surface area contributed by atoms with E-state index in [2.05, 4.69) is 0 Å². The molecule has 0 aliphatic heterocycles. The van der Waals surface area contributed by atoms with Crippen molar-refractivity contribution in [1.82, 2.24) is 4.90 Å². The largest absolute Gasteiger partial charge is 0.342 e. The quantitative estimate of drug-likeness (QED) is 0.777. The Morgan fingerprint density at radius 2 is 1.82 bits per heavy atom. The van der Waals surface area contributed by atoms with Gasteiger partial charge >= 0.3 is 0 Å². The van der Waals surface area contributed by atoms with Gasteiger partial charge in [0.25, 0.3) is 5.91 Å². The Labute approximate surface area is 99.7 Å². The van der Waals surface area contributed by atoms with E-state index >= 15 is 0 Å². The topological polar surface area (TPSA) is 20.3 Å². The second kappa shape index (κ2) is 4.53. The second-order valence-corrected chi connectivity index (χ2v) is 3.96. The van der Waals surface area contributed by atoms with Gasteiger partial charge in [0.1, 0.15) is 5.82 Å². The summed E-state index contributed by atoms with van der Waals surface area (Å²) in [6.07, 6.45) is 0. The van der Waals surface area contributed by atoms with Gasteiger partial charge in [0.15, 0.2) is 0 Å². The Kier molecular flexibility index (Phi) is 3.09. The second-order valence-electron chi connectivity index (χ2n) is 3.96. The van der Waals surface area contributed by atoms with Crippen LogP contribution in [0.5, 0.6) is 0 Å². The van der Waals surface area contributed by atoms with Gasteiger partial charge in [-0.1, -0.05) is 24.3 Å². The van der Waals surface area contributed by atoms with E-state index in [1.165, 1.54) is 6.07 Å². The number of halogens is 1. The molecule has 0 unspecified atom stereocenters. The van der Waals surface area contributed by atoms with E-state index in [-0.39, 0.29) is 11.7 Å². The number of carbonyl (C=O) groups excluding carboxylic acids is 1. The van der Waals surface area contributed by atoms with Gasteiger partial charge in [0.2, 0.25) is 0 Å². The van der Waals surface area contributed by atoms with Crippen LogP contribution < -0.4 is 0 Å².